The van der Waals surface area contributed by atoms with Gasteiger partial charge in [0, 0.05) is 31.4 Å². The van der Waals surface area contributed by atoms with Crippen LogP contribution in [0, 0.1) is 5.92 Å². The van der Waals surface area contributed by atoms with E-state index in [0.29, 0.717) is 5.95 Å². The first-order valence-electron chi connectivity index (χ1n) is 11.1. The summed E-state index contributed by atoms with van der Waals surface area (Å²) in [5, 5.41) is 7.74. The molecule has 1 fully saturated rings. The lowest BCUT2D eigenvalue weighted by atomic mass is 9.85. The van der Waals surface area contributed by atoms with Crippen LogP contribution in [0.25, 0.3) is 10.9 Å². The quantitative estimate of drug-likeness (QED) is 0.616. The Labute approximate surface area is 184 Å². The third-order valence-electron chi connectivity index (χ3n) is 6.10. The van der Waals surface area contributed by atoms with Crippen molar-refractivity contribution in [3.05, 3.63) is 60.2 Å². The van der Waals surface area contributed by atoms with Crippen LogP contribution in [0.5, 0.6) is 0 Å². The van der Waals surface area contributed by atoms with Crippen LogP contribution in [0.1, 0.15) is 44.2 Å². The highest BCUT2D eigenvalue weighted by Gasteiger charge is 2.27. The van der Waals surface area contributed by atoms with Gasteiger partial charge in [-0.1, -0.05) is 42.5 Å². The van der Waals surface area contributed by atoms with Crippen molar-refractivity contribution in [2.45, 2.75) is 44.7 Å². The number of benzene rings is 2. The van der Waals surface area contributed by atoms with Crippen molar-refractivity contribution < 1.29 is 4.79 Å². The molecule has 1 aliphatic carbocycles. The number of carbonyl (C=O) groups excluding carboxylic acids is 1. The van der Waals surface area contributed by atoms with Crippen molar-refractivity contribution >= 4 is 28.6 Å². The molecule has 6 heteroatoms. The van der Waals surface area contributed by atoms with Crippen LogP contribution in [0.3, 0.4) is 0 Å². The van der Waals surface area contributed by atoms with Crippen LogP contribution >= 0.6 is 0 Å². The van der Waals surface area contributed by atoms with Crippen LogP contribution in [-0.2, 0) is 4.79 Å². The molecule has 0 unspecified atom stereocenters. The molecule has 4 rings (SSSR count). The second-order valence-electron chi connectivity index (χ2n) is 8.62. The summed E-state index contributed by atoms with van der Waals surface area (Å²) in [4.78, 5) is 24.2. The maximum absolute atomic E-state index is 12.8. The lowest BCUT2D eigenvalue weighted by Crippen LogP contribution is -2.37. The Morgan fingerprint density at radius 2 is 1.65 bits per heavy atom. The molecular weight excluding hydrogens is 386 g/mol. The molecule has 2 N–H and O–H groups in total. The molecule has 6 nitrogen and oxygen atoms in total. The van der Waals surface area contributed by atoms with E-state index < -0.39 is 0 Å². The third-order valence-corrected chi connectivity index (χ3v) is 6.10. The topological polar surface area (TPSA) is 70.2 Å². The number of nitrogens with zero attached hydrogens (tertiary/aromatic N) is 3. The average molecular weight is 418 g/mol. The molecule has 3 aromatic rings. The SMILES string of the molecule is C[C@@H](NC(=O)C1CCC(Nc2nc(N(C)C)c3ccccc3n2)CC1)c1ccccc1. The second-order valence-corrected chi connectivity index (χ2v) is 8.62. The molecule has 0 radical (unpaired) electrons. The van der Waals surface area contributed by atoms with E-state index in [4.69, 9.17) is 9.97 Å². The highest BCUT2D eigenvalue weighted by atomic mass is 16.1. The summed E-state index contributed by atoms with van der Waals surface area (Å²) < 4.78 is 0. The van der Waals surface area contributed by atoms with E-state index in [0.717, 1.165) is 48.0 Å². The summed E-state index contributed by atoms with van der Waals surface area (Å²) in [6, 6.07) is 18.5. The zero-order valence-electron chi connectivity index (χ0n) is 18.5. The van der Waals surface area contributed by atoms with Gasteiger partial charge in [0.05, 0.1) is 11.6 Å². The smallest absolute Gasteiger partial charge is 0.225 e. The van der Waals surface area contributed by atoms with Crippen LogP contribution in [0.2, 0.25) is 0 Å². The maximum atomic E-state index is 12.8. The Kier molecular flexibility index (Phi) is 6.35. The Balaban J connectivity index is 1.35. The van der Waals surface area contributed by atoms with Crippen molar-refractivity contribution in [1.82, 2.24) is 15.3 Å². The summed E-state index contributed by atoms with van der Waals surface area (Å²) >= 11 is 0. The van der Waals surface area contributed by atoms with Crippen molar-refractivity contribution in [2.24, 2.45) is 5.92 Å². The normalized spacial score (nSPS) is 19.6. The van der Waals surface area contributed by atoms with Crippen LogP contribution < -0.4 is 15.5 Å². The van der Waals surface area contributed by atoms with Crippen molar-refractivity contribution in [1.29, 1.82) is 0 Å². The number of rotatable bonds is 6. The van der Waals surface area contributed by atoms with Gasteiger partial charge in [-0.15, -0.1) is 0 Å². The summed E-state index contributed by atoms with van der Waals surface area (Å²) in [6.07, 6.45) is 3.62. The fraction of sp³-hybridized carbons (Fsp3) is 0.400. The van der Waals surface area contributed by atoms with Gasteiger partial charge in [0.25, 0.3) is 0 Å². The Bertz CT molecular complexity index is 1030. The number of nitrogens with one attached hydrogen (secondary N) is 2. The van der Waals surface area contributed by atoms with Gasteiger partial charge in [-0.3, -0.25) is 4.79 Å². The average Bonchev–Trinajstić information content (AvgIpc) is 2.79. The summed E-state index contributed by atoms with van der Waals surface area (Å²) in [7, 11) is 4.00. The van der Waals surface area contributed by atoms with Crippen LogP contribution in [0.15, 0.2) is 54.6 Å². The first-order chi connectivity index (χ1) is 15.0. The van der Waals surface area contributed by atoms with Crippen LogP contribution in [-0.4, -0.2) is 36.0 Å². The van der Waals surface area contributed by atoms with Gasteiger partial charge in [-0.2, -0.15) is 4.98 Å². The third kappa shape index (κ3) is 4.95. The molecule has 1 heterocycles. The van der Waals surface area contributed by atoms with Gasteiger partial charge in [-0.25, -0.2) is 4.98 Å². The highest BCUT2D eigenvalue weighted by molar-refractivity contribution is 5.90. The molecule has 0 spiro atoms. The van der Waals surface area contributed by atoms with Crippen LogP contribution in [0.4, 0.5) is 11.8 Å². The molecule has 31 heavy (non-hydrogen) atoms. The number of anilines is 2. The van der Waals surface area contributed by atoms with Gasteiger partial charge >= 0.3 is 0 Å². The summed E-state index contributed by atoms with van der Waals surface area (Å²) in [5.41, 5.74) is 2.07. The zero-order valence-corrected chi connectivity index (χ0v) is 18.5. The van der Waals surface area contributed by atoms with Gasteiger partial charge in [0.15, 0.2) is 0 Å². The van der Waals surface area contributed by atoms with E-state index in [9.17, 15) is 4.79 Å². The minimum absolute atomic E-state index is 0.0278. The Morgan fingerprint density at radius 3 is 2.35 bits per heavy atom. The maximum Gasteiger partial charge on any atom is 0.225 e. The number of hydrogen-bond donors (Lipinski definition) is 2. The molecular formula is C25H31N5O. The Morgan fingerprint density at radius 1 is 0.968 bits per heavy atom. The van der Waals surface area contributed by atoms with Crippen molar-refractivity contribution in [3.63, 3.8) is 0 Å². The molecule has 1 saturated carbocycles. The number of aromatic nitrogens is 2. The highest BCUT2D eigenvalue weighted by Crippen LogP contribution is 2.29. The molecule has 0 saturated heterocycles. The fourth-order valence-electron chi connectivity index (χ4n) is 4.30. The van der Waals surface area contributed by atoms with Gasteiger partial charge < -0.3 is 15.5 Å². The minimum atomic E-state index is 0.0278. The van der Waals surface area contributed by atoms with E-state index in [1.807, 2.05) is 62.3 Å². The van der Waals surface area contributed by atoms with E-state index in [2.05, 4.69) is 28.8 Å². The second kappa shape index (κ2) is 9.33. The molecule has 0 aliphatic heterocycles. The first kappa shape index (κ1) is 21.1. The number of carbonyl (C=O) groups is 1. The van der Waals surface area contributed by atoms with Gasteiger partial charge in [0.1, 0.15) is 5.82 Å². The van der Waals surface area contributed by atoms with Gasteiger partial charge in [-0.05, 0) is 50.3 Å². The number of fused-ring (bicyclic) bond motifs is 1. The molecule has 1 aliphatic rings. The molecule has 0 bridgehead atoms. The van der Waals surface area contributed by atoms with E-state index in [1.165, 1.54) is 0 Å². The van der Waals surface area contributed by atoms with E-state index in [-0.39, 0.29) is 23.9 Å². The monoisotopic (exact) mass is 417 g/mol. The molecule has 1 atom stereocenters. The molecule has 1 amide bonds. The lowest BCUT2D eigenvalue weighted by Gasteiger charge is -2.29. The molecule has 1 aromatic heterocycles. The largest absolute Gasteiger partial charge is 0.362 e. The number of para-hydroxylation sites is 1. The predicted octanol–water partition coefficient (Wildman–Crippen LogP) is 4.54. The Hall–Kier alpha value is -3.15. The summed E-state index contributed by atoms with van der Waals surface area (Å²) in [5.74, 6) is 1.80. The van der Waals surface area contributed by atoms with Crippen molar-refractivity contribution in [2.75, 3.05) is 24.3 Å². The molecule has 162 valence electrons. The standard InChI is InChI=1S/C25H31N5O/c1-17(18-9-5-4-6-10-18)26-24(31)19-13-15-20(16-14-19)27-25-28-22-12-8-7-11-21(22)23(29-25)30(2)3/h4-12,17,19-20H,13-16H2,1-3H3,(H,26,31)(H,27,28,29)/t17-,19?,20?/m1/s1. The first-order valence-corrected chi connectivity index (χ1v) is 11.1. The minimum Gasteiger partial charge on any atom is -0.362 e. The number of hydrogen-bond acceptors (Lipinski definition) is 5. The van der Waals surface area contributed by atoms with Crippen molar-refractivity contribution in [3.8, 4) is 0 Å². The predicted molar refractivity (Wildman–Crippen MR) is 126 cm³/mol. The lowest BCUT2D eigenvalue weighted by molar-refractivity contribution is -0.126. The van der Waals surface area contributed by atoms with E-state index in [1.54, 1.807) is 0 Å². The van der Waals surface area contributed by atoms with Gasteiger partial charge in [0.2, 0.25) is 11.9 Å². The summed E-state index contributed by atoms with van der Waals surface area (Å²) in [6.45, 7) is 2.04. The molecule has 2 aromatic carbocycles. The fourth-order valence-corrected chi connectivity index (χ4v) is 4.30. The number of amides is 1. The van der Waals surface area contributed by atoms with E-state index >= 15 is 0 Å². The zero-order chi connectivity index (χ0) is 21.8.